The number of aliphatic imine (C=N–C) groups is 2. The third kappa shape index (κ3) is 3.39. The Labute approximate surface area is 131 Å². The summed E-state index contributed by atoms with van der Waals surface area (Å²) >= 11 is 0. The number of carbonyl (C=O) groups excluding carboxylic acids is 3. The first-order valence-corrected chi connectivity index (χ1v) is 6.76. The predicted octanol–water partition coefficient (Wildman–Crippen LogP) is 0.455. The largest absolute Gasteiger partial charge is 0.459 e. The molecule has 0 saturated heterocycles. The molecule has 9 nitrogen and oxygen atoms in total. The summed E-state index contributed by atoms with van der Waals surface area (Å²) in [7, 11) is 0. The highest BCUT2D eigenvalue weighted by Gasteiger charge is 2.23. The van der Waals surface area contributed by atoms with Crippen LogP contribution in [-0.2, 0) is 19.1 Å². The maximum absolute atomic E-state index is 11.8. The van der Waals surface area contributed by atoms with Crippen molar-refractivity contribution in [2.24, 2.45) is 9.98 Å². The van der Waals surface area contributed by atoms with E-state index in [9.17, 15) is 14.4 Å². The molecule has 0 atom stereocenters. The predicted molar refractivity (Wildman–Crippen MR) is 82.3 cm³/mol. The van der Waals surface area contributed by atoms with Crippen molar-refractivity contribution in [3.05, 3.63) is 23.9 Å². The van der Waals surface area contributed by atoms with E-state index in [0.29, 0.717) is 11.4 Å². The Balaban J connectivity index is 2.34. The molecule has 120 valence electrons. The van der Waals surface area contributed by atoms with Crippen LogP contribution in [0.1, 0.15) is 19.5 Å². The summed E-state index contributed by atoms with van der Waals surface area (Å²) in [4.78, 5) is 42.8. The molecule has 2 amide bonds. The van der Waals surface area contributed by atoms with Crippen molar-refractivity contribution < 1.29 is 19.1 Å². The summed E-state index contributed by atoms with van der Waals surface area (Å²) < 4.78 is 5.78. The number of esters is 1. The molecule has 1 aromatic heterocycles. The number of rotatable bonds is 2. The zero-order valence-electron chi connectivity index (χ0n) is 12.9. The monoisotopic (exact) mass is 317 g/mol. The van der Waals surface area contributed by atoms with Crippen LogP contribution < -0.4 is 5.32 Å². The van der Waals surface area contributed by atoms with Crippen molar-refractivity contribution in [2.45, 2.75) is 20.8 Å². The third-order valence-corrected chi connectivity index (χ3v) is 2.89. The highest BCUT2D eigenvalue weighted by Crippen LogP contribution is 2.14. The summed E-state index contributed by atoms with van der Waals surface area (Å²) in [6.07, 6.45) is 0. The van der Waals surface area contributed by atoms with Crippen LogP contribution in [0, 0.1) is 6.92 Å². The fourth-order valence-electron chi connectivity index (χ4n) is 1.76. The molecule has 0 aliphatic carbocycles. The molecule has 1 aromatic rings. The van der Waals surface area contributed by atoms with E-state index in [1.807, 2.05) is 0 Å². The van der Waals surface area contributed by atoms with Crippen LogP contribution in [0.2, 0.25) is 0 Å². The van der Waals surface area contributed by atoms with Crippen LogP contribution in [0.5, 0.6) is 0 Å². The van der Waals surface area contributed by atoms with Gasteiger partial charge in [-0.1, -0.05) is 6.58 Å². The number of nitrogens with zero attached hydrogens (tertiary/aromatic N) is 4. The van der Waals surface area contributed by atoms with Crippen LogP contribution >= 0.6 is 0 Å². The lowest BCUT2D eigenvalue weighted by Gasteiger charge is -2.12. The van der Waals surface area contributed by atoms with E-state index in [1.165, 1.54) is 10.7 Å². The fraction of sp³-hybridized carbons (Fsp3) is 0.286. The molecule has 0 saturated carbocycles. The Morgan fingerprint density at radius 1 is 1.35 bits per heavy atom. The quantitative estimate of drug-likeness (QED) is 0.483. The van der Waals surface area contributed by atoms with E-state index in [0.717, 1.165) is 0 Å². The molecule has 2 rings (SSSR count). The van der Waals surface area contributed by atoms with Crippen LogP contribution in [-0.4, -0.2) is 45.8 Å². The van der Waals surface area contributed by atoms with Crippen LogP contribution in [0.25, 0.3) is 0 Å². The van der Waals surface area contributed by atoms with Gasteiger partial charge in [0.1, 0.15) is 5.82 Å². The molecule has 0 aromatic carbocycles. The molecular formula is C14H15N5O4. The lowest BCUT2D eigenvalue weighted by Crippen LogP contribution is -2.29. The Kier molecular flexibility index (Phi) is 4.49. The second-order valence-corrected chi connectivity index (χ2v) is 4.65. The van der Waals surface area contributed by atoms with Gasteiger partial charge in [-0.2, -0.15) is 14.8 Å². The maximum atomic E-state index is 11.8. The summed E-state index contributed by atoms with van der Waals surface area (Å²) in [6, 6.07) is 1.51. The van der Waals surface area contributed by atoms with E-state index in [1.54, 1.807) is 20.8 Å². The van der Waals surface area contributed by atoms with E-state index in [4.69, 9.17) is 0 Å². The Morgan fingerprint density at radius 3 is 2.65 bits per heavy atom. The number of hydrogen-bond acceptors (Lipinski definition) is 6. The Hall–Kier alpha value is -3.10. The molecule has 0 spiro atoms. The Morgan fingerprint density at radius 2 is 2.04 bits per heavy atom. The molecule has 0 bridgehead atoms. The molecule has 1 aliphatic rings. The molecule has 23 heavy (non-hydrogen) atoms. The van der Waals surface area contributed by atoms with Gasteiger partial charge in [-0.3, -0.25) is 9.59 Å². The number of aryl methyl sites for hydroxylation is 1. The van der Waals surface area contributed by atoms with Crippen molar-refractivity contribution in [2.75, 3.05) is 11.9 Å². The first kappa shape index (κ1) is 16.3. The van der Waals surface area contributed by atoms with Crippen molar-refractivity contribution in [3.63, 3.8) is 0 Å². The van der Waals surface area contributed by atoms with Crippen molar-refractivity contribution >= 4 is 35.3 Å². The van der Waals surface area contributed by atoms with Crippen LogP contribution in [0.15, 0.2) is 28.2 Å². The highest BCUT2D eigenvalue weighted by atomic mass is 16.5. The first-order chi connectivity index (χ1) is 10.8. The molecule has 2 heterocycles. The van der Waals surface area contributed by atoms with Gasteiger partial charge in [0.05, 0.1) is 23.6 Å². The number of ether oxygens (including phenoxy) is 1. The van der Waals surface area contributed by atoms with Gasteiger partial charge < -0.3 is 10.1 Å². The standard InChI is InChI=1S/C14H15N5O4/c1-5-23-13(22)12(21)16-10-6-7(2)18-19(10)14-15-9(4)8(3)11(20)17-14/h6H,3,5H2,1-2,4H3,(H,16,21). The molecule has 1 aliphatic heterocycles. The summed E-state index contributed by atoms with van der Waals surface area (Å²) in [5.41, 5.74) is 1.13. The SMILES string of the molecule is C=C1C(=O)N=C(n2nc(C)cc2NC(=O)C(=O)OCC)N=C1C. The second-order valence-electron chi connectivity index (χ2n) is 4.65. The zero-order valence-corrected chi connectivity index (χ0v) is 12.9. The molecule has 0 radical (unpaired) electrons. The normalized spacial score (nSPS) is 14.2. The van der Waals surface area contributed by atoms with Gasteiger partial charge in [0.25, 0.3) is 11.9 Å². The van der Waals surface area contributed by atoms with E-state index in [2.05, 4.69) is 31.7 Å². The smallest absolute Gasteiger partial charge is 0.397 e. The Bertz CT molecular complexity index is 772. The van der Waals surface area contributed by atoms with Gasteiger partial charge in [0.2, 0.25) is 0 Å². The van der Waals surface area contributed by atoms with Gasteiger partial charge >= 0.3 is 11.9 Å². The topological polar surface area (TPSA) is 115 Å². The first-order valence-electron chi connectivity index (χ1n) is 6.76. The lowest BCUT2D eigenvalue weighted by atomic mass is 10.2. The third-order valence-electron chi connectivity index (χ3n) is 2.89. The zero-order chi connectivity index (χ0) is 17.1. The number of aromatic nitrogens is 2. The van der Waals surface area contributed by atoms with Gasteiger partial charge in [-0.25, -0.2) is 9.79 Å². The minimum absolute atomic E-state index is 0.0211. The molecule has 0 unspecified atom stereocenters. The average Bonchev–Trinajstić information content (AvgIpc) is 2.85. The minimum Gasteiger partial charge on any atom is -0.459 e. The van der Waals surface area contributed by atoms with Crippen LogP contribution in [0.3, 0.4) is 0 Å². The second kappa shape index (κ2) is 6.34. The number of nitrogens with one attached hydrogen (secondary N) is 1. The van der Waals surface area contributed by atoms with E-state index >= 15 is 0 Å². The fourth-order valence-corrected chi connectivity index (χ4v) is 1.76. The van der Waals surface area contributed by atoms with Gasteiger partial charge in [-0.05, 0) is 20.8 Å². The summed E-state index contributed by atoms with van der Waals surface area (Å²) in [5.74, 6) is -2.39. The number of carbonyl (C=O) groups is 3. The van der Waals surface area contributed by atoms with Gasteiger partial charge in [0, 0.05) is 6.07 Å². The highest BCUT2D eigenvalue weighted by molar-refractivity contribution is 6.37. The van der Waals surface area contributed by atoms with Gasteiger partial charge in [0.15, 0.2) is 0 Å². The molecular weight excluding hydrogens is 302 g/mol. The van der Waals surface area contributed by atoms with E-state index < -0.39 is 17.8 Å². The van der Waals surface area contributed by atoms with E-state index in [-0.39, 0.29) is 24.0 Å². The molecule has 1 N–H and O–H groups in total. The molecule has 0 fully saturated rings. The maximum Gasteiger partial charge on any atom is 0.397 e. The molecule has 9 heteroatoms. The van der Waals surface area contributed by atoms with Crippen LogP contribution in [0.4, 0.5) is 5.82 Å². The van der Waals surface area contributed by atoms with Crippen molar-refractivity contribution in [1.82, 2.24) is 9.78 Å². The minimum atomic E-state index is -1.02. The van der Waals surface area contributed by atoms with Crippen molar-refractivity contribution in [1.29, 1.82) is 0 Å². The number of amides is 2. The lowest BCUT2D eigenvalue weighted by molar-refractivity contribution is -0.152. The van der Waals surface area contributed by atoms with Crippen molar-refractivity contribution in [3.8, 4) is 0 Å². The van der Waals surface area contributed by atoms with Gasteiger partial charge in [-0.15, -0.1) is 0 Å². The summed E-state index contributed by atoms with van der Waals surface area (Å²) in [6.45, 7) is 8.54. The number of anilines is 1. The number of hydrogen-bond donors (Lipinski definition) is 1. The average molecular weight is 317 g/mol. The summed E-state index contributed by atoms with van der Waals surface area (Å²) in [5, 5.41) is 6.47.